The second-order valence-corrected chi connectivity index (χ2v) is 4.13. The van der Waals surface area contributed by atoms with Crippen molar-refractivity contribution >= 4 is 11.6 Å². The van der Waals surface area contributed by atoms with E-state index in [1.165, 1.54) is 5.56 Å². The number of aromatic nitrogens is 1. The molecule has 0 amide bonds. The van der Waals surface area contributed by atoms with Crippen molar-refractivity contribution in [2.75, 3.05) is 0 Å². The summed E-state index contributed by atoms with van der Waals surface area (Å²) in [7, 11) is 0. The largest absolute Gasteiger partial charge is 0.322 e. The molecule has 2 rings (SSSR count). The number of nitrogens with two attached hydrogens (primary N) is 1. The average Bonchev–Trinajstić information content (AvgIpc) is 2.31. The Hall–Kier alpha value is -1.38. The van der Waals surface area contributed by atoms with Crippen LogP contribution in [0.25, 0.3) is 0 Å². The smallest absolute Gasteiger partial charge is 0.0589 e. The molecule has 2 nitrogen and oxygen atoms in total. The highest BCUT2D eigenvalue weighted by Crippen LogP contribution is 2.15. The number of benzene rings is 1. The normalized spacial score (nSPS) is 12.4. The third kappa shape index (κ3) is 2.81. The first-order valence-corrected chi connectivity index (χ1v) is 5.54. The third-order valence-corrected chi connectivity index (χ3v) is 2.65. The maximum absolute atomic E-state index is 6.07. The number of halogens is 1. The molecule has 0 radical (unpaired) electrons. The molecule has 0 bridgehead atoms. The first-order valence-electron chi connectivity index (χ1n) is 5.16. The zero-order valence-electron chi connectivity index (χ0n) is 8.81. The third-order valence-electron chi connectivity index (χ3n) is 2.43. The molecule has 0 spiro atoms. The Morgan fingerprint density at radius 1 is 1.12 bits per heavy atom. The lowest BCUT2D eigenvalue weighted by Crippen LogP contribution is -2.14. The van der Waals surface area contributed by atoms with Crippen LogP contribution >= 0.6 is 11.6 Å². The molecule has 2 N–H and O–H groups in total. The summed E-state index contributed by atoms with van der Waals surface area (Å²) in [6, 6.07) is 13.8. The van der Waals surface area contributed by atoms with Gasteiger partial charge in [-0.05, 0) is 24.1 Å². The van der Waals surface area contributed by atoms with Gasteiger partial charge < -0.3 is 5.73 Å². The van der Waals surface area contributed by atoms with Crippen LogP contribution in [0.2, 0.25) is 5.02 Å². The summed E-state index contributed by atoms with van der Waals surface area (Å²) >= 11 is 5.77. The highest BCUT2D eigenvalue weighted by atomic mass is 35.5. The standard InChI is InChI=1S/C13H13ClN2/c14-11-6-7-13(16-9-11)12(15)8-10-4-2-1-3-5-10/h1-7,9,12H,8,15H2. The highest BCUT2D eigenvalue weighted by Gasteiger charge is 2.07. The SMILES string of the molecule is NC(Cc1ccccc1)c1ccc(Cl)cn1. The molecule has 1 heterocycles. The highest BCUT2D eigenvalue weighted by molar-refractivity contribution is 6.30. The fourth-order valence-electron chi connectivity index (χ4n) is 1.58. The van der Waals surface area contributed by atoms with Crippen LogP contribution in [0.1, 0.15) is 17.3 Å². The molecular formula is C13H13ClN2. The van der Waals surface area contributed by atoms with E-state index < -0.39 is 0 Å². The van der Waals surface area contributed by atoms with Gasteiger partial charge in [-0.25, -0.2) is 0 Å². The van der Waals surface area contributed by atoms with Crippen molar-refractivity contribution in [3.05, 3.63) is 64.9 Å². The molecule has 2 aromatic rings. The van der Waals surface area contributed by atoms with Crippen molar-refractivity contribution in [1.29, 1.82) is 0 Å². The summed E-state index contributed by atoms with van der Waals surface area (Å²) < 4.78 is 0. The Labute approximate surface area is 100 Å². The number of nitrogens with zero attached hydrogens (tertiary/aromatic N) is 1. The van der Waals surface area contributed by atoms with Crippen molar-refractivity contribution in [3.63, 3.8) is 0 Å². The minimum Gasteiger partial charge on any atom is -0.322 e. The topological polar surface area (TPSA) is 38.9 Å². The van der Waals surface area contributed by atoms with Crippen LogP contribution in [0.3, 0.4) is 0 Å². The van der Waals surface area contributed by atoms with Crippen LogP contribution in [0.15, 0.2) is 48.7 Å². The molecule has 1 unspecified atom stereocenters. The van der Waals surface area contributed by atoms with E-state index in [4.69, 9.17) is 17.3 Å². The predicted octanol–water partition coefficient (Wildman–Crippen LogP) is 2.98. The Balaban J connectivity index is 2.09. The maximum atomic E-state index is 6.07. The quantitative estimate of drug-likeness (QED) is 0.884. The van der Waals surface area contributed by atoms with E-state index in [2.05, 4.69) is 17.1 Å². The van der Waals surface area contributed by atoms with Gasteiger partial charge in [0.1, 0.15) is 0 Å². The van der Waals surface area contributed by atoms with Crippen LogP contribution < -0.4 is 5.73 Å². The minimum atomic E-state index is -0.0836. The number of pyridine rings is 1. The number of hydrogen-bond donors (Lipinski definition) is 1. The molecule has 0 aliphatic carbocycles. The van der Waals surface area contributed by atoms with Gasteiger partial charge in [0, 0.05) is 6.20 Å². The van der Waals surface area contributed by atoms with Crippen molar-refractivity contribution < 1.29 is 0 Å². The summed E-state index contributed by atoms with van der Waals surface area (Å²) in [6.07, 6.45) is 2.41. The fraction of sp³-hybridized carbons (Fsp3) is 0.154. The van der Waals surface area contributed by atoms with Gasteiger partial charge >= 0.3 is 0 Å². The van der Waals surface area contributed by atoms with Crippen LogP contribution in [-0.4, -0.2) is 4.98 Å². The van der Waals surface area contributed by atoms with Gasteiger partial charge in [0.05, 0.1) is 16.8 Å². The van der Waals surface area contributed by atoms with Gasteiger partial charge in [-0.3, -0.25) is 4.98 Å². The van der Waals surface area contributed by atoms with Crippen LogP contribution in [0, 0.1) is 0 Å². The Kier molecular flexibility index (Phi) is 3.54. The van der Waals surface area contributed by atoms with E-state index in [1.54, 1.807) is 6.20 Å². The summed E-state index contributed by atoms with van der Waals surface area (Å²) in [4.78, 5) is 4.22. The molecule has 82 valence electrons. The van der Waals surface area contributed by atoms with Crippen molar-refractivity contribution in [2.45, 2.75) is 12.5 Å². The molecule has 0 aliphatic heterocycles. The molecule has 0 saturated carbocycles. The molecule has 0 fully saturated rings. The summed E-state index contributed by atoms with van der Waals surface area (Å²) in [5.41, 5.74) is 8.15. The van der Waals surface area contributed by atoms with Gasteiger partial charge in [0.15, 0.2) is 0 Å². The second kappa shape index (κ2) is 5.10. The molecule has 3 heteroatoms. The van der Waals surface area contributed by atoms with E-state index in [-0.39, 0.29) is 6.04 Å². The van der Waals surface area contributed by atoms with E-state index in [0.717, 1.165) is 12.1 Å². The minimum absolute atomic E-state index is 0.0836. The molecule has 0 aliphatic rings. The molecule has 1 aromatic carbocycles. The molecule has 1 aromatic heterocycles. The first kappa shape index (κ1) is 11.1. The zero-order chi connectivity index (χ0) is 11.4. The van der Waals surface area contributed by atoms with Crippen molar-refractivity contribution in [2.24, 2.45) is 5.73 Å². The number of rotatable bonds is 3. The summed E-state index contributed by atoms with van der Waals surface area (Å²) in [5, 5.41) is 0.635. The second-order valence-electron chi connectivity index (χ2n) is 3.70. The van der Waals surface area contributed by atoms with E-state index in [1.807, 2.05) is 30.3 Å². The van der Waals surface area contributed by atoms with E-state index in [9.17, 15) is 0 Å². The van der Waals surface area contributed by atoms with Crippen molar-refractivity contribution in [1.82, 2.24) is 4.98 Å². The Morgan fingerprint density at radius 2 is 1.88 bits per heavy atom. The van der Waals surface area contributed by atoms with Gasteiger partial charge in [-0.1, -0.05) is 41.9 Å². The maximum Gasteiger partial charge on any atom is 0.0589 e. The Bertz CT molecular complexity index is 439. The van der Waals surface area contributed by atoms with Crippen LogP contribution in [0.5, 0.6) is 0 Å². The van der Waals surface area contributed by atoms with Gasteiger partial charge in [-0.2, -0.15) is 0 Å². The predicted molar refractivity (Wildman–Crippen MR) is 66.3 cm³/mol. The lowest BCUT2D eigenvalue weighted by atomic mass is 10.0. The fourth-order valence-corrected chi connectivity index (χ4v) is 1.69. The summed E-state index contributed by atoms with van der Waals surface area (Å²) in [5.74, 6) is 0. The van der Waals surface area contributed by atoms with Gasteiger partial charge in [0.25, 0.3) is 0 Å². The first-order chi connectivity index (χ1) is 7.75. The average molecular weight is 233 g/mol. The van der Waals surface area contributed by atoms with Crippen LogP contribution in [0.4, 0.5) is 0 Å². The number of hydrogen-bond acceptors (Lipinski definition) is 2. The molecule has 16 heavy (non-hydrogen) atoms. The van der Waals surface area contributed by atoms with Crippen LogP contribution in [-0.2, 0) is 6.42 Å². The van der Waals surface area contributed by atoms with E-state index >= 15 is 0 Å². The van der Waals surface area contributed by atoms with E-state index in [0.29, 0.717) is 5.02 Å². The van der Waals surface area contributed by atoms with Crippen molar-refractivity contribution in [3.8, 4) is 0 Å². The monoisotopic (exact) mass is 232 g/mol. The lowest BCUT2D eigenvalue weighted by Gasteiger charge is -2.10. The molecule has 0 saturated heterocycles. The zero-order valence-corrected chi connectivity index (χ0v) is 9.56. The summed E-state index contributed by atoms with van der Waals surface area (Å²) in [6.45, 7) is 0. The Morgan fingerprint density at radius 3 is 2.50 bits per heavy atom. The van der Waals surface area contributed by atoms with Gasteiger partial charge in [-0.15, -0.1) is 0 Å². The molecular weight excluding hydrogens is 220 g/mol. The van der Waals surface area contributed by atoms with Gasteiger partial charge in [0.2, 0.25) is 0 Å². The lowest BCUT2D eigenvalue weighted by molar-refractivity contribution is 0.696. The molecule has 1 atom stereocenters.